The Balaban J connectivity index is 1.49. The van der Waals surface area contributed by atoms with Gasteiger partial charge in [0, 0.05) is 25.6 Å². The topological polar surface area (TPSA) is 86.7 Å². The zero-order valence-electron chi connectivity index (χ0n) is 15.1. The van der Waals surface area contributed by atoms with Crippen molar-refractivity contribution in [1.29, 1.82) is 0 Å². The molecule has 6 nitrogen and oxygen atoms in total. The van der Waals surface area contributed by atoms with Crippen molar-refractivity contribution in [2.45, 2.75) is 51.6 Å². The van der Waals surface area contributed by atoms with E-state index in [1.165, 1.54) is 5.56 Å². The van der Waals surface area contributed by atoms with Crippen molar-refractivity contribution in [2.24, 2.45) is 11.8 Å². The standard InChI is InChI=1S/C20H26N2O4/c1-13-2-4-14(5-3-13)11-22-12-16(10-18(22)23)19(24)21-17-8-6-15(7-9-17)20(25)26/h2-5,15-17H,6-12H2,1H3,(H,21,24)(H,25,26)/t15?,16-,17?/m0/s1. The number of aliphatic carboxylic acids is 1. The van der Waals surface area contributed by atoms with Crippen LogP contribution in [-0.4, -0.2) is 40.4 Å². The Kier molecular flexibility index (Phi) is 5.59. The van der Waals surface area contributed by atoms with E-state index in [2.05, 4.69) is 5.32 Å². The molecule has 1 aliphatic heterocycles. The summed E-state index contributed by atoms with van der Waals surface area (Å²) in [5.41, 5.74) is 2.24. The van der Waals surface area contributed by atoms with E-state index in [0.717, 1.165) is 5.56 Å². The van der Waals surface area contributed by atoms with Crippen LogP contribution in [0, 0.1) is 18.8 Å². The monoisotopic (exact) mass is 358 g/mol. The number of hydrogen-bond donors (Lipinski definition) is 2. The Morgan fingerprint density at radius 2 is 1.77 bits per heavy atom. The van der Waals surface area contributed by atoms with Crippen molar-refractivity contribution >= 4 is 17.8 Å². The predicted molar refractivity (Wildman–Crippen MR) is 96.2 cm³/mol. The highest BCUT2D eigenvalue weighted by Gasteiger charge is 2.35. The van der Waals surface area contributed by atoms with Crippen molar-refractivity contribution in [3.8, 4) is 0 Å². The number of amides is 2. The predicted octanol–water partition coefficient (Wildman–Crippen LogP) is 2.10. The quantitative estimate of drug-likeness (QED) is 0.844. The molecule has 2 fully saturated rings. The fraction of sp³-hybridized carbons (Fsp3) is 0.550. The maximum absolute atomic E-state index is 12.5. The number of rotatable bonds is 5. The summed E-state index contributed by atoms with van der Waals surface area (Å²) in [5.74, 6) is -1.42. The van der Waals surface area contributed by atoms with E-state index in [1.54, 1.807) is 4.90 Å². The number of likely N-dealkylation sites (tertiary alicyclic amines) is 1. The van der Waals surface area contributed by atoms with Crippen LogP contribution in [0.2, 0.25) is 0 Å². The highest BCUT2D eigenvalue weighted by Crippen LogP contribution is 2.26. The molecular formula is C20H26N2O4. The van der Waals surface area contributed by atoms with Gasteiger partial charge in [0.25, 0.3) is 0 Å². The van der Waals surface area contributed by atoms with Gasteiger partial charge in [-0.1, -0.05) is 29.8 Å². The second-order valence-electron chi connectivity index (χ2n) is 7.56. The average Bonchev–Trinajstić information content (AvgIpc) is 2.98. The van der Waals surface area contributed by atoms with Gasteiger partial charge >= 0.3 is 5.97 Å². The minimum absolute atomic E-state index is 0.0142. The Labute approximate surface area is 153 Å². The Morgan fingerprint density at radius 1 is 1.12 bits per heavy atom. The molecule has 1 heterocycles. The maximum atomic E-state index is 12.5. The number of aryl methyl sites for hydroxylation is 1. The molecule has 1 saturated heterocycles. The van der Waals surface area contributed by atoms with E-state index in [9.17, 15) is 14.4 Å². The van der Waals surface area contributed by atoms with Gasteiger partial charge in [0.1, 0.15) is 0 Å². The molecule has 1 aromatic carbocycles. The molecule has 3 rings (SSSR count). The van der Waals surface area contributed by atoms with E-state index in [4.69, 9.17) is 5.11 Å². The molecule has 6 heteroatoms. The maximum Gasteiger partial charge on any atom is 0.306 e. The lowest BCUT2D eigenvalue weighted by Crippen LogP contribution is -2.42. The lowest BCUT2D eigenvalue weighted by Gasteiger charge is -2.27. The van der Waals surface area contributed by atoms with Crippen LogP contribution in [-0.2, 0) is 20.9 Å². The van der Waals surface area contributed by atoms with Gasteiger partial charge in [0.05, 0.1) is 11.8 Å². The van der Waals surface area contributed by atoms with Crippen LogP contribution in [0.5, 0.6) is 0 Å². The van der Waals surface area contributed by atoms with Gasteiger partial charge in [-0.25, -0.2) is 0 Å². The van der Waals surface area contributed by atoms with Gasteiger partial charge < -0.3 is 15.3 Å². The number of carboxylic acid groups (broad SMARTS) is 1. The third kappa shape index (κ3) is 4.42. The fourth-order valence-electron chi connectivity index (χ4n) is 3.82. The molecular weight excluding hydrogens is 332 g/mol. The lowest BCUT2D eigenvalue weighted by atomic mass is 9.86. The van der Waals surface area contributed by atoms with Gasteiger partial charge in [-0.05, 0) is 38.2 Å². The summed E-state index contributed by atoms with van der Waals surface area (Å²) >= 11 is 0. The fourth-order valence-corrected chi connectivity index (χ4v) is 3.82. The number of carboxylic acids is 1. The summed E-state index contributed by atoms with van der Waals surface area (Å²) in [7, 11) is 0. The number of carbonyl (C=O) groups is 3. The Hall–Kier alpha value is -2.37. The molecule has 1 saturated carbocycles. The summed E-state index contributed by atoms with van der Waals surface area (Å²) < 4.78 is 0. The molecule has 2 N–H and O–H groups in total. The summed E-state index contributed by atoms with van der Waals surface area (Å²) in [4.78, 5) is 37.5. The molecule has 1 aromatic rings. The van der Waals surface area contributed by atoms with E-state index in [-0.39, 0.29) is 36.1 Å². The SMILES string of the molecule is Cc1ccc(CN2C[C@@H](C(=O)NC3CCC(C(=O)O)CC3)CC2=O)cc1. The van der Waals surface area contributed by atoms with Gasteiger partial charge in [0.15, 0.2) is 0 Å². The molecule has 0 radical (unpaired) electrons. The lowest BCUT2D eigenvalue weighted by molar-refractivity contribution is -0.143. The third-order valence-corrected chi connectivity index (χ3v) is 5.50. The second kappa shape index (κ2) is 7.89. The Bertz CT molecular complexity index is 678. The average molecular weight is 358 g/mol. The van der Waals surface area contributed by atoms with Crippen molar-refractivity contribution in [3.05, 3.63) is 35.4 Å². The van der Waals surface area contributed by atoms with Gasteiger partial charge in [-0.2, -0.15) is 0 Å². The van der Waals surface area contributed by atoms with Crippen LogP contribution >= 0.6 is 0 Å². The van der Waals surface area contributed by atoms with Crippen LogP contribution in [0.15, 0.2) is 24.3 Å². The summed E-state index contributed by atoms with van der Waals surface area (Å²) in [6.45, 7) is 3.00. The van der Waals surface area contributed by atoms with Crippen LogP contribution < -0.4 is 5.32 Å². The molecule has 2 aliphatic rings. The summed E-state index contributed by atoms with van der Waals surface area (Å²) in [6, 6.07) is 8.09. The molecule has 140 valence electrons. The van der Waals surface area contributed by atoms with Crippen molar-refractivity contribution in [1.82, 2.24) is 10.2 Å². The number of hydrogen-bond acceptors (Lipinski definition) is 3. The van der Waals surface area contributed by atoms with Gasteiger partial charge in [0.2, 0.25) is 11.8 Å². The zero-order valence-corrected chi connectivity index (χ0v) is 15.1. The summed E-state index contributed by atoms with van der Waals surface area (Å²) in [6.07, 6.45) is 2.84. The minimum Gasteiger partial charge on any atom is -0.481 e. The first-order valence-electron chi connectivity index (χ1n) is 9.29. The highest BCUT2D eigenvalue weighted by molar-refractivity contribution is 5.89. The Morgan fingerprint density at radius 3 is 2.38 bits per heavy atom. The first-order chi connectivity index (χ1) is 12.4. The normalized spacial score (nSPS) is 26.0. The summed E-state index contributed by atoms with van der Waals surface area (Å²) in [5, 5.41) is 12.1. The first kappa shape index (κ1) is 18.4. The zero-order chi connectivity index (χ0) is 18.7. The number of benzene rings is 1. The van der Waals surface area contributed by atoms with Crippen LogP contribution in [0.4, 0.5) is 0 Å². The van der Waals surface area contributed by atoms with E-state index < -0.39 is 5.97 Å². The largest absolute Gasteiger partial charge is 0.481 e. The number of nitrogens with one attached hydrogen (secondary N) is 1. The van der Waals surface area contributed by atoms with E-state index in [1.807, 2.05) is 31.2 Å². The molecule has 0 aromatic heterocycles. The first-order valence-corrected chi connectivity index (χ1v) is 9.29. The van der Waals surface area contributed by atoms with Crippen LogP contribution in [0.25, 0.3) is 0 Å². The molecule has 1 atom stereocenters. The van der Waals surface area contributed by atoms with Gasteiger partial charge in [-0.3, -0.25) is 14.4 Å². The molecule has 0 unspecified atom stereocenters. The smallest absolute Gasteiger partial charge is 0.306 e. The van der Waals surface area contributed by atoms with Crippen molar-refractivity contribution in [2.75, 3.05) is 6.54 Å². The van der Waals surface area contributed by atoms with E-state index >= 15 is 0 Å². The van der Waals surface area contributed by atoms with Crippen LogP contribution in [0.1, 0.15) is 43.2 Å². The molecule has 0 bridgehead atoms. The number of nitrogens with zero attached hydrogens (tertiary/aromatic N) is 1. The third-order valence-electron chi connectivity index (χ3n) is 5.50. The van der Waals surface area contributed by atoms with Crippen molar-refractivity contribution < 1.29 is 19.5 Å². The molecule has 0 spiro atoms. The van der Waals surface area contributed by atoms with E-state index in [0.29, 0.717) is 38.8 Å². The molecule has 26 heavy (non-hydrogen) atoms. The van der Waals surface area contributed by atoms with Crippen molar-refractivity contribution in [3.63, 3.8) is 0 Å². The minimum atomic E-state index is -0.747. The van der Waals surface area contributed by atoms with Crippen LogP contribution in [0.3, 0.4) is 0 Å². The van der Waals surface area contributed by atoms with Gasteiger partial charge in [-0.15, -0.1) is 0 Å². The highest BCUT2D eigenvalue weighted by atomic mass is 16.4. The molecule has 2 amide bonds. The number of carbonyl (C=O) groups excluding carboxylic acids is 2. The molecule has 1 aliphatic carbocycles. The second-order valence-corrected chi connectivity index (χ2v) is 7.56.